The third-order valence-electron chi connectivity index (χ3n) is 2.90. The van der Waals surface area contributed by atoms with Gasteiger partial charge in [0.05, 0.1) is 14.2 Å². The molecule has 1 aromatic carbocycles. The molecule has 0 unspecified atom stereocenters. The molecular weight excluding hydrogens is 290 g/mol. The standard InChI is InChI=1S/C14H17N3O3S/c1-19-11-4-3-9(7-12(11)20-2)5-6-16-13(18)10-8-21-14(15)17-10/h3-4,7-8H,5-6H2,1-2H3,(H2,15,17)(H,16,18). The number of methoxy groups -OCH3 is 2. The minimum Gasteiger partial charge on any atom is -0.493 e. The molecule has 0 fully saturated rings. The number of nitrogen functional groups attached to an aromatic ring is 1. The van der Waals surface area contributed by atoms with E-state index in [0.29, 0.717) is 35.3 Å². The molecule has 0 saturated carbocycles. The van der Waals surface area contributed by atoms with Gasteiger partial charge in [0, 0.05) is 11.9 Å². The Morgan fingerprint density at radius 3 is 2.71 bits per heavy atom. The second-order valence-electron chi connectivity index (χ2n) is 4.27. The number of amides is 1. The third kappa shape index (κ3) is 3.85. The van der Waals surface area contributed by atoms with Gasteiger partial charge in [0.1, 0.15) is 5.69 Å². The molecule has 0 aliphatic heterocycles. The molecule has 3 N–H and O–H groups in total. The number of ether oxygens (including phenoxy) is 2. The highest BCUT2D eigenvalue weighted by molar-refractivity contribution is 7.13. The summed E-state index contributed by atoms with van der Waals surface area (Å²) in [7, 11) is 3.19. The lowest BCUT2D eigenvalue weighted by Crippen LogP contribution is -2.26. The molecule has 0 aliphatic rings. The summed E-state index contributed by atoms with van der Waals surface area (Å²) in [6.07, 6.45) is 0.686. The Morgan fingerprint density at radius 1 is 1.33 bits per heavy atom. The number of nitrogens with two attached hydrogens (primary N) is 1. The first-order valence-corrected chi connectivity index (χ1v) is 7.22. The number of carbonyl (C=O) groups excluding carboxylic acids is 1. The largest absolute Gasteiger partial charge is 0.493 e. The summed E-state index contributed by atoms with van der Waals surface area (Å²) in [5.41, 5.74) is 6.90. The Kier molecular flexibility index (Phi) is 4.99. The second-order valence-corrected chi connectivity index (χ2v) is 5.16. The summed E-state index contributed by atoms with van der Waals surface area (Å²) in [6.45, 7) is 0.506. The van der Waals surface area contributed by atoms with Crippen LogP contribution in [0.4, 0.5) is 5.13 Å². The Bertz CT molecular complexity index is 628. The highest BCUT2D eigenvalue weighted by atomic mass is 32.1. The fourth-order valence-electron chi connectivity index (χ4n) is 1.84. The number of aromatic nitrogens is 1. The van der Waals surface area contributed by atoms with E-state index in [1.807, 2.05) is 18.2 Å². The molecule has 0 atom stereocenters. The molecule has 21 heavy (non-hydrogen) atoms. The lowest BCUT2D eigenvalue weighted by atomic mass is 10.1. The van der Waals surface area contributed by atoms with Crippen molar-refractivity contribution in [2.45, 2.75) is 6.42 Å². The van der Waals surface area contributed by atoms with Gasteiger partial charge >= 0.3 is 0 Å². The molecule has 1 amide bonds. The lowest BCUT2D eigenvalue weighted by molar-refractivity contribution is 0.0950. The van der Waals surface area contributed by atoms with E-state index in [2.05, 4.69) is 10.3 Å². The highest BCUT2D eigenvalue weighted by Crippen LogP contribution is 2.27. The van der Waals surface area contributed by atoms with Crippen LogP contribution in [0, 0.1) is 0 Å². The summed E-state index contributed by atoms with van der Waals surface area (Å²) in [4.78, 5) is 15.7. The van der Waals surface area contributed by atoms with Gasteiger partial charge in [0.2, 0.25) is 0 Å². The number of hydrogen-bond acceptors (Lipinski definition) is 6. The molecule has 2 rings (SSSR count). The fraction of sp³-hybridized carbons (Fsp3) is 0.286. The average Bonchev–Trinajstić information content (AvgIpc) is 2.93. The van der Waals surface area contributed by atoms with Gasteiger partial charge in [0.15, 0.2) is 16.6 Å². The van der Waals surface area contributed by atoms with Crippen molar-refractivity contribution in [1.82, 2.24) is 10.3 Å². The average molecular weight is 307 g/mol. The van der Waals surface area contributed by atoms with E-state index in [1.165, 1.54) is 11.3 Å². The molecule has 1 aromatic heterocycles. The topological polar surface area (TPSA) is 86.5 Å². The molecule has 6 nitrogen and oxygen atoms in total. The van der Waals surface area contributed by atoms with Crippen molar-refractivity contribution in [3.63, 3.8) is 0 Å². The van der Waals surface area contributed by atoms with Crippen molar-refractivity contribution in [3.05, 3.63) is 34.8 Å². The summed E-state index contributed by atoms with van der Waals surface area (Å²) >= 11 is 1.25. The fourth-order valence-corrected chi connectivity index (χ4v) is 2.38. The number of anilines is 1. The summed E-state index contributed by atoms with van der Waals surface area (Å²) in [5.74, 6) is 1.14. The number of hydrogen-bond donors (Lipinski definition) is 2. The van der Waals surface area contributed by atoms with Gasteiger partial charge in [-0.25, -0.2) is 4.98 Å². The van der Waals surface area contributed by atoms with E-state index < -0.39 is 0 Å². The predicted octanol–water partition coefficient (Wildman–Crippen LogP) is 1.71. The molecule has 2 aromatic rings. The Balaban J connectivity index is 1.90. The van der Waals surface area contributed by atoms with E-state index in [4.69, 9.17) is 15.2 Å². The van der Waals surface area contributed by atoms with Crippen molar-refractivity contribution in [2.24, 2.45) is 0 Å². The van der Waals surface area contributed by atoms with Gasteiger partial charge < -0.3 is 20.5 Å². The normalized spacial score (nSPS) is 10.2. The van der Waals surface area contributed by atoms with Crippen LogP contribution in [-0.2, 0) is 6.42 Å². The second kappa shape index (κ2) is 6.94. The van der Waals surface area contributed by atoms with Gasteiger partial charge in [0.25, 0.3) is 5.91 Å². The van der Waals surface area contributed by atoms with Crippen molar-refractivity contribution in [2.75, 3.05) is 26.5 Å². The van der Waals surface area contributed by atoms with E-state index in [-0.39, 0.29) is 5.91 Å². The van der Waals surface area contributed by atoms with Crippen molar-refractivity contribution >= 4 is 22.4 Å². The van der Waals surface area contributed by atoms with Crippen LogP contribution in [0.25, 0.3) is 0 Å². The van der Waals surface area contributed by atoms with Crippen LogP contribution in [0.1, 0.15) is 16.1 Å². The maximum Gasteiger partial charge on any atom is 0.270 e. The van der Waals surface area contributed by atoms with Crippen LogP contribution >= 0.6 is 11.3 Å². The predicted molar refractivity (Wildman–Crippen MR) is 82.1 cm³/mol. The molecule has 0 bridgehead atoms. The van der Waals surface area contributed by atoms with E-state index in [9.17, 15) is 4.79 Å². The molecule has 0 radical (unpaired) electrons. The first-order chi connectivity index (χ1) is 10.1. The van der Waals surface area contributed by atoms with Gasteiger partial charge in [-0.05, 0) is 24.1 Å². The van der Waals surface area contributed by atoms with E-state index in [1.54, 1.807) is 19.6 Å². The van der Waals surface area contributed by atoms with Crippen LogP contribution in [0.5, 0.6) is 11.5 Å². The summed E-state index contributed by atoms with van der Waals surface area (Å²) in [5, 5.41) is 4.83. The zero-order chi connectivity index (χ0) is 15.2. The molecule has 7 heteroatoms. The Morgan fingerprint density at radius 2 is 2.10 bits per heavy atom. The van der Waals surface area contributed by atoms with Gasteiger partial charge in [-0.1, -0.05) is 6.07 Å². The summed E-state index contributed by atoms with van der Waals surface area (Å²) < 4.78 is 10.4. The molecule has 112 valence electrons. The quantitative estimate of drug-likeness (QED) is 0.848. The first kappa shape index (κ1) is 15.1. The maximum atomic E-state index is 11.8. The number of rotatable bonds is 6. The third-order valence-corrected chi connectivity index (χ3v) is 3.58. The molecule has 1 heterocycles. The highest BCUT2D eigenvalue weighted by Gasteiger charge is 2.09. The van der Waals surface area contributed by atoms with Crippen molar-refractivity contribution in [3.8, 4) is 11.5 Å². The molecule has 0 saturated heterocycles. The SMILES string of the molecule is COc1ccc(CCNC(=O)c2csc(N)n2)cc1OC. The first-order valence-electron chi connectivity index (χ1n) is 6.34. The van der Waals surface area contributed by atoms with Crippen molar-refractivity contribution in [1.29, 1.82) is 0 Å². The van der Waals surface area contributed by atoms with Crippen LogP contribution in [0.3, 0.4) is 0 Å². The number of thiazole rings is 1. The van der Waals surface area contributed by atoms with E-state index in [0.717, 1.165) is 5.56 Å². The van der Waals surface area contributed by atoms with Crippen LogP contribution in [0.15, 0.2) is 23.6 Å². The van der Waals surface area contributed by atoms with Crippen LogP contribution in [0.2, 0.25) is 0 Å². The maximum absolute atomic E-state index is 11.8. The smallest absolute Gasteiger partial charge is 0.270 e. The number of nitrogens with one attached hydrogen (secondary N) is 1. The zero-order valence-corrected chi connectivity index (χ0v) is 12.7. The molecular formula is C14H17N3O3S. The minimum atomic E-state index is -0.219. The zero-order valence-electron chi connectivity index (χ0n) is 11.9. The van der Waals surface area contributed by atoms with Crippen LogP contribution < -0.4 is 20.5 Å². The molecule has 0 spiro atoms. The van der Waals surface area contributed by atoms with Gasteiger partial charge in [-0.3, -0.25) is 4.79 Å². The van der Waals surface area contributed by atoms with E-state index >= 15 is 0 Å². The number of nitrogens with zero attached hydrogens (tertiary/aromatic N) is 1. The number of benzene rings is 1. The number of carbonyl (C=O) groups is 1. The monoisotopic (exact) mass is 307 g/mol. The Labute approximate surface area is 126 Å². The van der Waals surface area contributed by atoms with Gasteiger partial charge in [-0.15, -0.1) is 11.3 Å². The lowest BCUT2D eigenvalue weighted by Gasteiger charge is -2.09. The minimum absolute atomic E-state index is 0.219. The van der Waals surface area contributed by atoms with Crippen molar-refractivity contribution < 1.29 is 14.3 Å². The van der Waals surface area contributed by atoms with Crippen LogP contribution in [-0.4, -0.2) is 31.7 Å². The summed E-state index contributed by atoms with van der Waals surface area (Å²) in [6, 6.07) is 5.68. The Hall–Kier alpha value is -2.28. The molecule has 0 aliphatic carbocycles. The van der Waals surface area contributed by atoms with Gasteiger partial charge in [-0.2, -0.15) is 0 Å².